The van der Waals surface area contributed by atoms with Crippen molar-refractivity contribution in [1.29, 1.82) is 0 Å². The summed E-state index contributed by atoms with van der Waals surface area (Å²) in [6.07, 6.45) is 0.292. The van der Waals surface area contributed by atoms with Gasteiger partial charge in [0, 0.05) is 10.1 Å². The van der Waals surface area contributed by atoms with Crippen molar-refractivity contribution in [2.24, 2.45) is 0 Å². The minimum Gasteiger partial charge on any atom is -0.478 e. The van der Waals surface area contributed by atoms with Crippen molar-refractivity contribution in [3.63, 3.8) is 0 Å². The molecule has 1 fully saturated rings. The maximum Gasteiger partial charge on any atom is 0.271 e. The number of rotatable bonds is 3. The van der Waals surface area contributed by atoms with Crippen LogP contribution in [0.2, 0.25) is 0 Å². The maximum absolute atomic E-state index is 13.5. The Morgan fingerprint density at radius 3 is 2.41 bits per heavy atom. The van der Waals surface area contributed by atoms with Crippen LogP contribution in [0.4, 0.5) is 5.69 Å². The van der Waals surface area contributed by atoms with E-state index in [4.69, 9.17) is 4.74 Å². The van der Waals surface area contributed by atoms with Crippen LogP contribution < -0.4 is 9.64 Å². The Morgan fingerprint density at radius 2 is 1.66 bits per heavy atom. The first-order valence-corrected chi connectivity index (χ1v) is 10.9. The largest absolute Gasteiger partial charge is 0.478 e. The minimum absolute atomic E-state index is 0.0246. The number of carbonyl (C=O) groups excluding carboxylic acids is 1. The summed E-state index contributed by atoms with van der Waals surface area (Å²) in [4.78, 5) is 16.6. The van der Waals surface area contributed by atoms with Crippen molar-refractivity contribution in [2.75, 3.05) is 4.90 Å². The van der Waals surface area contributed by atoms with Crippen LogP contribution in [0.5, 0.6) is 5.75 Å². The highest BCUT2D eigenvalue weighted by molar-refractivity contribution is 8.00. The molecule has 0 aromatic heterocycles. The topological polar surface area (TPSA) is 29.5 Å². The number of benzene rings is 3. The lowest BCUT2D eigenvalue weighted by molar-refractivity contribution is -0.142. The van der Waals surface area contributed by atoms with Gasteiger partial charge in [0.05, 0.1) is 5.69 Å². The van der Waals surface area contributed by atoms with Crippen LogP contribution >= 0.6 is 11.8 Å². The highest BCUT2D eigenvalue weighted by Crippen LogP contribution is 2.55. The average Bonchev–Trinajstić information content (AvgIpc) is 2.85. The van der Waals surface area contributed by atoms with Gasteiger partial charge >= 0.3 is 0 Å². The van der Waals surface area contributed by atoms with Crippen molar-refractivity contribution >= 4 is 23.4 Å². The summed E-state index contributed by atoms with van der Waals surface area (Å²) in [5, 5.41) is 0.345. The standard InChI is InChI=1S/C25H23NO2S/c1-17-12-14-19(15-13-17)25-16-18(2)29-22-11-7-6-10-21(22)26(25)24(27)23(25)28-20-8-4-3-5-9-20/h3-15,18,23H,16H2,1-2H3/t18-,23+,25+/m1/s1. The summed E-state index contributed by atoms with van der Waals surface area (Å²) in [5.74, 6) is 0.756. The SMILES string of the molecule is Cc1ccc([C@]23C[C@@H](C)Sc4ccccc4N2C(=O)[C@@H]3Oc2ccccc2)cc1. The van der Waals surface area contributed by atoms with E-state index in [2.05, 4.69) is 50.2 Å². The molecule has 2 aliphatic rings. The number of β-lactam (4-membered cyclic amide) rings is 1. The first-order valence-electron chi connectivity index (χ1n) is 9.98. The molecule has 4 heteroatoms. The van der Waals surface area contributed by atoms with Gasteiger partial charge in [-0.1, -0.05) is 67.1 Å². The van der Waals surface area contributed by atoms with Crippen molar-refractivity contribution in [3.8, 4) is 5.75 Å². The second-order valence-electron chi connectivity index (χ2n) is 7.88. The molecule has 0 saturated carbocycles. The Hall–Kier alpha value is -2.72. The third kappa shape index (κ3) is 2.85. The second kappa shape index (κ2) is 6.96. The Labute approximate surface area is 175 Å². The summed E-state index contributed by atoms with van der Waals surface area (Å²) in [5.41, 5.74) is 2.81. The van der Waals surface area contributed by atoms with Gasteiger partial charge < -0.3 is 4.74 Å². The molecule has 1 amide bonds. The van der Waals surface area contributed by atoms with E-state index in [1.807, 2.05) is 59.1 Å². The van der Waals surface area contributed by atoms with Gasteiger partial charge in [0.25, 0.3) is 5.91 Å². The highest BCUT2D eigenvalue weighted by Gasteiger charge is 2.65. The highest BCUT2D eigenvalue weighted by atomic mass is 32.2. The van der Waals surface area contributed by atoms with E-state index < -0.39 is 11.6 Å². The molecule has 2 heterocycles. The van der Waals surface area contributed by atoms with Crippen LogP contribution in [0.1, 0.15) is 24.5 Å². The number of amides is 1. The van der Waals surface area contributed by atoms with Crippen LogP contribution in [0.25, 0.3) is 0 Å². The van der Waals surface area contributed by atoms with E-state index in [9.17, 15) is 4.79 Å². The summed E-state index contributed by atoms with van der Waals surface area (Å²) < 4.78 is 6.34. The van der Waals surface area contributed by atoms with E-state index in [1.54, 1.807) is 0 Å². The van der Waals surface area contributed by atoms with Crippen LogP contribution in [0.3, 0.4) is 0 Å². The molecule has 0 N–H and O–H groups in total. The van der Waals surface area contributed by atoms with Gasteiger partial charge in [0.1, 0.15) is 11.3 Å². The number of hydrogen-bond donors (Lipinski definition) is 0. The molecule has 0 radical (unpaired) electrons. The number of carbonyl (C=O) groups is 1. The zero-order chi connectivity index (χ0) is 20.0. The van der Waals surface area contributed by atoms with Gasteiger partial charge in [-0.25, -0.2) is 0 Å². The summed E-state index contributed by atoms with van der Waals surface area (Å²) in [6, 6.07) is 26.4. The smallest absolute Gasteiger partial charge is 0.271 e. The summed E-state index contributed by atoms with van der Waals surface area (Å²) in [7, 11) is 0. The molecule has 0 bridgehead atoms. The van der Waals surface area contributed by atoms with Gasteiger partial charge in [-0.2, -0.15) is 0 Å². The number of nitrogens with zero attached hydrogens (tertiary/aromatic N) is 1. The lowest BCUT2D eigenvalue weighted by atomic mass is 9.71. The molecule has 3 aromatic carbocycles. The van der Waals surface area contributed by atoms with Crippen molar-refractivity contribution in [1.82, 2.24) is 0 Å². The molecule has 3 atom stereocenters. The van der Waals surface area contributed by atoms with E-state index >= 15 is 0 Å². The monoisotopic (exact) mass is 401 g/mol. The minimum atomic E-state index is -0.540. The van der Waals surface area contributed by atoms with E-state index in [1.165, 1.54) is 5.56 Å². The third-order valence-electron chi connectivity index (χ3n) is 5.86. The fourth-order valence-corrected chi connectivity index (χ4v) is 5.77. The quantitative estimate of drug-likeness (QED) is 0.538. The van der Waals surface area contributed by atoms with E-state index in [0.29, 0.717) is 5.25 Å². The molecule has 3 aromatic rings. The Morgan fingerprint density at radius 1 is 0.966 bits per heavy atom. The van der Waals surface area contributed by atoms with Gasteiger partial charge in [-0.05, 0) is 43.2 Å². The lowest BCUT2D eigenvalue weighted by Crippen LogP contribution is -2.74. The molecule has 0 aliphatic carbocycles. The lowest BCUT2D eigenvalue weighted by Gasteiger charge is -2.56. The number of aryl methyl sites for hydroxylation is 1. The molecule has 0 unspecified atom stereocenters. The van der Waals surface area contributed by atoms with E-state index in [0.717, 1.165) is 28.3 Å². The Balaban J connectivity index is 1.67. The molecule has 29 heavy (non-hydrogen) atoms. The zero-order valence-corrected chi connectivity index (χ0v) is 17.4. The fraction of sp³-hybridized carbons (Fsp3) is 0.240. The fourth-order valence-electron chi connectivity index (χ4n) is 4.56. The van der Waals surface area contributed by atoms with Crippen molar-refractivity contribution in [3.05, 3.63) is 90.0 Å². The van der Waals surface area contributed by atoms with Crippen LogP contribution in [-0.4, -0.2) is 17.3 Å². The molecule has 0 spiro atoms. The van der Waals surface area contributed by atoms with E-state index in [-0.39, 0.29) is 5.91 Å². The van der Waals surface area contributed by atoms with Crippen LogP contribution in [0.15, 0.2) is 83.8 Å². The van der Waals surface area contributed by atoms with Crippen molar-refractivity contribution < 1.29 is 9.53 Å². The Kier molecular flexibility index (Phi) is 4.39. The summed E-state index contributed by atoms with van der Waals surface area (Å²) >= 11 is 1.84. The predicted octanol–water partition coefficient (Wildman–Crippen LogP) is 5.57. The second-order valence-corrected chi connectivity index (χ2v) is 9.36. The molecule has 5 rings (SSSR count). The number of hydrogen-bond acceptors (Lipinski definition) is 3. The zero-order valence-electron chi connectivity index (χ0n) is 16.5. The molecule has 3 nitrogen and oxygen atoms in total. The number of anilines is 1. The van der Waals surface area contributed by atoms with Crippen LogP contribution in [-0.2, 0) is 10.3 Å². The molecule has 146 valence electrons. The predicted molar refractivity (Wildman–Crippen MR) is 118 cm³/mol. The van der Waals surface area contributed by atoms with Gasteiger partial charge in [-0.15, -0.1) is 11.8 Å². The normalized spacial score (nSPS) is 25.4. The molecular formula is C25H23NO2S. The first kappa shape index (κ1) is 18.3. The third-order valence-corrected chi connectivity index (χ3v) is 7.03. The first-order chi connectivity index (χ1) is 14.1. The number of ether oxygens (including phenoxy) is 1. The maximum atomic E-state index is 13.5. The summed E-state index contributed by atoms with van der Waals surface area (Å²) in [6.45, 7) is 4.33. The van der Waals surface area contributed by atoms with Gasteiger partial charge in [0.15, 0.2) is 0 Å². The number of thioether (sulfide) groups is 1. The van der Waals surface area contributed by atoms with Crippen molar-refractivity contribution in [2.45, 2.75) is 42.1 Å². The number of fused-ring (bicyclic) bond motifs is 3. The number of para-hydroxylation sites is 2. The van der Waals surface area contributed by atoms with Gasteiger partial charge in [-0.3, -0.25) is 9.69 Å². The molecule has 2 aliphatic heterocycles. The van der Waals surface area contributed by atoms with Gasteiger partial charge in [0.2, 0.25) is 6.10 Å². The molecule has 1 saturated heterocycles. The van der Waals surface area contributed by atoms with Crippen LogP contribution in [0, 0.1) is 6.92 Å². The molecular weight excluding hydrogens is 378 g/mol. The average molecular weight is 402 g/mol. The Bertz CT molecular complexity index is 1050.